The molecule has 0 spiro atoms. The quantitative estimate of drug-likeness (QED) is 0.867. The third kappa shape index (κ3) is 3.44. The lowest BCUT2D eigenvalue weighted by Gasteiger charge is -2.37. The molecule has 0 saturated heterocycles. The van der Waals surface area contributed by atoms with E-state index in [0.717, 1.165) is 32.1 Å². The molecule has 0 bridgehead atoms. The summed E-state index contributed by atoms with van der Waals surface area (Å²) in [5.41, 5.74) is 0.104. The van der Waals surface area contributed by atoms with Gasteiger partial charge in [-0.3, -0.25) is 4.79 Å². The predicted molar refractivity (Wildman–Crippen MR) is 70.6 cm³/mol. The fourth-order valence-corrected chi connectivity index (χ4v) is 2.67. The molecule has 100 valence electrons. The van der Waals surface area contributed by atoms with Gasteiger partial charge in [-0.15, -0.1) is 0 Å². The van der Waals surface area contributed by atoms with Gasteiger partial charge in [0, 0.05) is 11.7 Å². The lowest BCUT2D eigenvalue weighted by Crippen LogP contribution is -2.42. The normalized spacial score (nSPS) is 17.4. The van der Waals surface area contributed by atoms with Crippen molar-refractivity contribution in [2.24, 2.45) is 0 Å². The van der Waals surface area contributed by atoms with E-state index < -0.39 is 11.5 Å². The summed E-state index contributed by atoms with van der Waals surface area (Å²) in [6.45, 7) is 0. The molecule has 1 aliphatic carbocycles. The van der Waals surface area contributed by atoms with Gasteiger partial charge in [0.1, 0.15) is 11.9 Å². The Balaban J connectivity index is 2.14. The van der Waals surface area contributed by atoms with Gasteiger partial charge in [0.25, 0.3) is 0 Å². The van der Waals surface area contributed by atoms with Crippen LogP contribution in [0.3, 0.4) is 0 Å². The molecule has 1 aromatic rings. The van der Waals surface area contributed by atoms with Crippen LogP contribution < -0.4 is 5.32 Å². The van der Waals surface area contributed by atoms with Gasteiger partial charge in [-0.05, 0) is 25.0 Å². The third-order valence-corrected chi connectivity index (χ3v) is 3.59. The third-order valence-electron chi connectivity index (χ3n) is 3.59. The van der Waals surface area contributed by atoms with Crippen molar-refractivity contribution in [1.29, 1.82) is 5.26 Å². The second kappa shape index (κ2) is 5.70. The minimum absolute atomic E-state index is 0.106. The van der Waals surface area contributed by atoms with Crippen molar-refractivity contribution >= 4 is 11.8 Å². The van der Waals surface area contributed by atoms with Crippen LogP contribution in [-0.4, -0.2) is 21.6 Å². The summed E-state index contributed by atoms with van der Waals surface area (Å²) >= 11 is 0. The summed E-state index contributed by atoms with van der Waals surface area (Å²) in [4.78, 5) is 15.2. The molecule has 5 nitrogen and oxygen atoms in total. The maximum Gasteiger partial charge on any atom is 0.305 e. The molecular weight excluding hydrogens is 242 g/mol. The minimum Gasteiger partial charge on any atom is -0.481 e. The standard InChI is InChI=1S/C14H17N3O2/c15-9-11-4-5-12(16-10-11)17-14(8-13(18)19)6-2-1-3-7-14/h4-5,10H,1-3,6-8H2,(H,16,17)(H,18,19). The average Bonchev–Trinajstić information content (AvgIpc) is 2.39. The van der Waals surface area contributed by atoms with Gasteiger partial charge in [-0.2, -0.15) is 5.26 Å². The molecule has 0 aromatic carbocycles. The molecule has 0 unspecified atom stereocenters. The molecule has 19 heavy (non-hydrogen) atoms. The van der Waals surface area contributed by atoms with E-state index >= 15 is 0 Å². The number of aromatic nitrogens is 1. The number of carboxylic acids is 1. The molecule has 0 radical (unpaired) electrons. The van der Waals surface area contributed by atoms with Crippen LogP contribution in [-0.2, 0) is 4.79 Å². The average molecular weight is 259 g/mol. The van der Waals surface area contributed by atoms with Crippen molar-refractivity contribution in [3.8, 4) is 6.07 Å². The smallest absolute Gasteiger partial charge is 0.305 e. The van der Waals surface area contributed by atoms with E-state index in [-0.39, 0.29) is 6.42 Å². The highest BCUT2D eigenvalue weighted by Gasteiger charge is 2.34. The largest absolute Gasteiger partial charge is 0.481 e. The molecule has 1 aliphatic rings. The summed E-state index contributed by atoms with van der Waals surface area (Å²) < 4.78 is 0. The molecule has 0 atom stereocenters. The molecule has 1 fully saturated rings. The fraction of sp³-hybridized carbons (Fsp3) is 0.500. The second-order valence-corrected chi connectivity index (χ2v) is 5.08. The Morgan fingerprint density at radius 1 is 1.42 bits per heavy atom. The van der Waals surface area contributed by atoms with Gasteiger partial charge >= 0.3 is 5.97 Å². The Bertz CT molecular complexity index is 484. The van der Waals surface area contributed by atoms with Gasteiger partial charge in [-0.25, -0.2) is 4.98 Å². The van der Waals surface area contributed by atoms with Crippen LogP contribution in [0.4, 0.5) is 5.82 Å². The first-order chi connectivity index (χ1) is 9.13. The van der Waals surface area contributed by atoms with Crippen LogP contribution in [0.15, 0.2) is 18.3 Å². The Labute approximate surface area is 112 Å². The van der Waals surface area contributed by atoms with Crippen LogP contribution in [0.1, 0.15) is 44.1 Å². The van der Waals surface area contributed by atoms with Crippen LogP contribution >= 0.6 is 0 Å². The van der Waals surface area contributed by atoms with E-state index in [0.29, 0.717) is 11.4 Å². The molecule has 1 heterocycles. The number of hydrogen-bond donors (Lipinski definition) is 2. The molecule has 0 aliphatic heterocycles. The molecule has 1 aromatic heterocycles. The number of hydrogen-bond acceptors (Lipinski definition) is 4. The first-order valence-corrected chi connectivity index (χ1v) is 6.50. The Kier molecular flexibility index (Phi) is 4.00. The van der Waals surface area contributed by atoms with Gasteiger partial charge in [0.15, 0.2) is 0 Å². The zero-order valence-corrected chi connectivity index (χ0v) is 10.7. The summed E-state index contributed by atoms with van der Waals surface area (Å²) in [5, 5.41) is 21.1. The van der Waals surface area contributed by atoms with E-state index in [1.165, 1.54) is 6.20 Å². The molecule has 1 saturated carbocycles. The Morgan fingerprint density at radius 3 is 2.68 bits per heavy atom. The van der Waals surface area contributed by atoms with E-state index in [1.807, 2.05) is 6.07 Å². The zero-order chi connectivity index (χ0) is 13.7. The number of nitrogens with one attached hydrogen (secondary N) is 1. The number of carbonyl (C=O) groups is 1. The maximum atomic E-state index is 11.1. The SMILES string of the molecule is N#Cc1ccc(NC2(CC(=O)O)CCCCC2)nc1. The fourth-order valence-electron chi connectivity index (χ4n) is 2.67. The number of pyridine rings is 1. The van der Waals surface area contributed by atoms with Crippen molar-refractivity contribution in [3.05, 3.63) is 23.9 Å². The number of anilines is 1. The highest BCUT2D eigenvalue weighted by molar-refractivity contribution is 5.69. The second-order valence-electron chi connectivity index (χ2n) is 5.08. The van der Waals surface area contributed by atoms with Crippen molar-refractivity contribution in [3.63, 3.8) is 0 Å². The first kappa shape index (κ1) is 13.3. The summed E-state index contributed by atoms with van der Waals surface area (Å²) in [7, 11) is 0. The van der Waals surface area contributed by atoms with E-state index in [4.69, 9.17) is 10.4 Å². The number of nitriles is 1. The van der Waals surface area contributed by atoms with E-state index in [1.54, 1.807) is 12.1 Å². The Morgan fingerprint density at radius 2 is 2.16 bits per heavy atom. The van der Waals surface area contributed by atoms with E-state index in [2.05, 4.69) is 10.3 Å². The van der Waals surface area contributed by atoms with Crippen LogP contribution in [0.2, 0.25) is 0 Å². The van der Waals surface area contributed by atoms with Gasteiger partial charge in [0.05, 0.1) is 12.0 Å². The summed E-state index contributed by atoms with van der Waals surface area (Å²) in [6, 6.07) is 5.44. The zero-order valence-electron chi connectivity index (χ0n) is 10.7. The lowest BCUT2D eigenvalue weighted by molar-refractivity contribution is -0.138. The Hall–Kier alpha value is -2.09. The molecule has 5 heteroatoms. The molecule has 2 N–H and O–H groups in total. The number of rotatable bonds is 4. The minimum atomic E-state index is -0.789. The molecule has 0 amide bonds. The van der Waals surface area contributed by atoms with Crippen LogP contribution in [0.5, 0.6) is 0 Å². The van der Waals surface area contributed by atoms with E-state index in [9.17, 15) is 4.79 Å². The molecule has 2 rings (SSSR count). The topological polar surface area (TPSA) is 86.0 Å². The van der Waals surface area contributed by atoms with Crippen LogP contribution in [0, 0.1) is 11.3 Å². The summed E-state index contributed by atoms with van der Waals surface area (Å²) in [5.74, 6) is -0.148. The highest BCUT2D eigenvalue weighted by Crippen LogP contribution is 2.34. The van der Waals surface area contributed by atoms with Gasteiger partial charge < -0.3 is 10.4 Å². The lowest BCUT2D eigenvalue weighted by atomic mass is 9.79. The van der Waals surface area contributed by atoms with Crippen molar-refractivity contribution < 1.29 is 9.90 Å². The van der Waals surface area contributed by atoms with Crippen molar-refractivity contribution in [2.45, 2.75) is 44.1 Å². The van der Waals surface area contributed by atoms with Gasteiger partial charge in [0.2, 0.25) is 0 Å². The van der Waals surface area contributed by atoms with Crippen molar-refractivity contribution in [2.75, 3.05) is 5.32 Å². The highest BCUT2D eigenvalue weighted by atomic mass is 16.4. The number of nitrogens with zero attached hydrogens (tertiary/aromatic N) is 2. The van der Waals surface area contributed by atoms with Crippen molar-refractivity contribution in [1.82, 2.24) is 4.98 Å². The maximum absolute atomic E-state index is 11.1. The first-order valence-electron chi connectivity index (χ1n) is 6.50. The predicted octanol–water partition coefficient (Wildman–Crippen LogP) is 2.54. The molecular formula is C14H17N3O2. The summed E-state index contributed by atoms with van der Waals surface area (Å²) in [6.07, 6.45) is 6.53. The van der Waals surface area contributed by atoms with Gasteiger partial charge in [-0.1, -0.05) is 19.3 Å². The van der Waals surface area contributed by atoms with Crippen LogP contribution in [0.25, 0.3) is 0 Å². The number of carboxylic acid groups (broad SMARTS) is 1. The monoisotopic (exact) mass is 259 g/mol. The number of aliphatic carboxylic acids is 1.